The largest absolute Gasteiger partial charge is 0.446 e. The molecule has 0 unspecified atom stereocenters. The second kappa shape index (κ2) is 4.86. The van der Waals surface area contributed by atoms with Crippen LogP contribution in [-0.4, -0.2) is 11.3 Å². The van der Waals surface area contributed by atoms with Crippen LogP contribution in [0.1, 0.15) is 23.7 Å². The molecule has 6 heteroatoms. The first-order valence-electron chi connectivity index (χ1n) is 4.42. The Morgan fingerprint density at radius 3 is 2.50 bits per heavy atom. The van der Waals surface area contributed by atoms with Crippen molar-refractivity contribution < 1.29 is 22.4 Å². The van der Waals surface area contributed by atoms with E-state index in [4.69, 9.17) is 0 Å². The highest BCUT2D eigenvalue weighted by Crippen LogP contribution is 2.38. The van der Waals surface area contributed by atoms with Crippen LogP contribution in [0.4, 0.5) is 17.6 Å². The molecule has 0 amide bonds. The Hall–Kier alpha value is -1.04. The van der Waals surface area contributed by atoms with Crippen molar-refractivity contribution in [3.63, 3.8) is 0 Å². The van der Waals surface area contributed by atoms with Crippen molar-refractivity contribution >= 4 is 17.5 Å². The van der Waals surface area contributed by atoms with Crippen molar-refractivity contribution in [1.82, 2.24) is 0 Å². The van der Waals surface area contributed by atoms with Gasteiger partial charge in [0.25, 0.3) is 0 Å². The standard InChI is InChI=1S/C10H8F4OS/c1-2-8(15)7-5-6(11)3-4-9(7)16-10(12,13)14/h3-5H,2H2,1H3. The van der Waals surface area contributed by atoms with Crippen LogP contribution in [0.5, 0.6) is 0 Å². The number of halogens is 4. The highest BCUT2D eigenvalue weighted by molar-refractivity contribution is 8.00. The number of hydrogen-bond donors (Lipinski definition) is 0. The van der Waals surface area contributed by atoms with Crippen molar-refractivity contribution in [2.24, 2.45) is 0 Å². The third-order valence-corrected chi connectivity index (χ3v) is 2.60. The molecule has 1 nitrogen and oxygen atoms in total. The van der Waals surface area contributed by atoms with Gasteiger partial charge < -0.3 is 0 Å². The molecule has 88 valence electrons. The van der Waals surface area contributed by atoms with Crippen LogP contribution in [0, 0.1) is 5.82 Å². The summed E-state index contributed by atoms with van der Waals surface area (Å²) < 4.78 is 49.3. The van der Waals surface area contributed by atoms with Crippen molar-refractivity contribution in [1.29, 1.82) is 0 Å². The molecule has 0 saturated carbocycles. The Balaban J connectivity index is 3.13. The van der Waals surface area contributed by atoms with Gasteiger partial charge in [0.2, 0.25) is 0 Å². The predicted octanol–water partition coefficient (Wildman–Crippen LogP) is 4.03. The summed E-state index contributed by atoms with van der Waals surface area (Å²) in [6.07, 6.45) is 0.0366. The topological polar surface area (TPSA) is 17.1 Å². The van der Waals surface area contributed by atoms with E-state index in [1.54, 1.807) is 0 Å². The lowest BCUT2D eigenvalue weighted by atomic mass is 10.1. The van der Waals surface area contributed by atoms with E-state index < -0.39 is 28.9 Å². The molecular weight excluding hydrogens is 244 g/mol. The number of alkyl halides is 3. The fourth-order valence-corrected chi connectivity index (χ4v) is 1.79. The number of carbonyl (C=O) groups is 1. The van der Waals surface area contributed by atoms with Gasteiger partial charge in [0.05, 0.1) is 0 Å². The number of carbonyl (C=O) groups excluding carboxylic acids is 1. The molecule has 0 aliphatic carbocycles. The fraction of sp³-hybridized carbons (Fsp3) is 0.300. The lowest BCUT2D eigenvalue weighted by Gasteiger charge is -2.09. The smallest absolute Gasteiger partial charge is 0.294 e. The highest BCUT2D eigenvalue weighted by atomic mass is 32.2. The molecule has 1 aromatic rings. The molecule has 0 aromatic heterocycles. The van der Waals surface area contributed by atoms with Gasteiger partial charge in [-0.1, -0.05) is 6.92 Å². The summed E-state index contributed by atoms with van der Waals surface area (Å²) >= 11 is -0.408. The van der Waals surface area contributed by atoms with Crippen LogP contribution < -0.4 is 0 Å². The Kier molecular flexibility index (Phi) is 3.96. The van der Waals surface area contributed by atoms with Crippen molar-refractivity contribution in [3.8, 4) is 0 Å². The van der Waals surface area contributed by atoms with E-state index >= 15 is 0 Å². The van der Waals surface area contributed by atoms with Crippen LogP contribution in [0.15, 0.2) is 23.1 Å². The molecule has 1 rings (SSSR count). The zero-order valence-electron chi connectivity index (χ0n) is 8.27. The van der Waals surface area contributed by atoms with Crippen LogP contribution in [0.25, 0.3) is 0 Å². The zero-order chi connectivity index (χ0) is 12.3. The van der Waals surface area contributed by atoms with Gasteiger partial charge in [-0.15, -0.1) is 0 Å². The average molecular weight is 252 g/mol. The molecule has 0 spiro atoms. The molecule has 0 aliphatic rings. The van der Waals surface area contributed by atoms with E-state index in [0.29, 0.717) is 0 Å². The number of hydrogen-bond acceptors (Lipinski definition) is 2. The Morgan fingerprint density at radius 1 is 1.38 bits per heavy atom. The van der Waals surface area contributed by atoms with Gasteiger partial charge in [-0.25, -0.2) is 4.39 Å². The monoisotopic (exact) mass is 252 g/mol. The number of thioether (sulfide) groups is 1. The summed E-state index contributed by atoms with van der Waals surface area (Å²) in [5.41, 5.74) is -4.70. The van der Waals surface area contributed by atoms with Gasteiger partial charge in [0, 0.05) is 16.9 Å². The van der Waals surface area contributed by atoms with Crippen LogP contribution in [0.2, 0.25) is 0 Å². The molecule has 0 saturated heterocycles. The SMILES string of the molecule is CCC(=O)c1cc(F)ccc1SC(F)(F)F. The lowest BCUT2D eigenvalue weighted by Crippen LogP contribution is -2.05. The number of ketones is 1. The van der Waals surface area contributed by atoms with Gasteiger partial charge in [-0.2, -0.15) is 13.2 Å². The molecule has 0 fully saturated rings. The molecular formula is C10H8F4OS. The first-order chi connectivity index (χ1) is 7.33. The summed E-state index contributed by atoms with van der Waals surface area (Å²) in [4.78, 5) is 11.1. The third kappa shape index (κ3) is 3.52. The van der Waals surface area contributed by atoms with E-state index in [1.165, 1.54) is 6.92 Å². The molecule has 0 aliphatic heterocycles. The molecule has 0 N–H and O–H groups in total. The zero-order valence-corrected chi connectivity index (χ0v) is 9.08. The van der Waals surface area contributed by atoms with Crippen molar-refractivity contribution in [2.75, 3.05) is 0 Å². The summed E-state index contributed by atoms with van der Waals surface area (Å²) in [7, 11) is 0. The van der Waals surface area contributed by atoms with E-state index in [2.05, 4.69) is 0 Å². The first-order valence-corrected chi connectivity index (χ1v) is 5.23. The van der Waals surface area contributed by atoms with Gasteiger partial charge in [-0.05, 0) is 30.0 Å². The summed E-state index contributed by atoms with van der Waals surface area (Å²) in [5, 5.41) is 0. The quantitative estimate of drug-likeness (QED) is 0.459. The fourth-order valence-electron chi connectivity index (χ4n) is 1.12. The number of rotatable bonds is 3. The van der Waals surface area contributed by atoms with Gasteiger partial charge >= 0.3 is 5.51 Å². The minimum Gasteiger partial charge on any atom is -0.294 e. The minimum absolute atomic E-state index is 0.0366. The number of benzene rings is 1. The lowest BCUT2D eigenvalue weighted by molar-refractivity contribution is -0.0328. The van der Waals surface area contributed by atoms with E-state index in [0.717, 1.165) is 18.2 Å². The average Bonchev–Trinajstić information content (AvgIpc) is 2.17. The van der Waals surface area contributed by atoms with Crippen molar-refractivity contribution in [2.45, 2.75) is 23.7 Å². The maximum Gasteiger partial charge on any atom is 0.446 e. The molecule has 1 aromatic carbocycles. The van der Waals surface area contributed by atoms with Crippen molar-refractivity contribution in [3.05, 3.63) is 29.6 Å². The summed E-state index contributed by atoms with van der Waals surface area (Å²) in [5.74, 6) is -1.23. The molecule has 0 radical (unpaired) electrons. The third-order valence-electron chi connectivity index (χ3n) is 1.79. The second-order valence-electron chi connectivity index (χ2n) is 2.97. The Labute approximate surface area is 93.8 Å². The Morgan fingerprint density at radius 2 is 2.00 bits per heavy atom. The predicted molar refractivity (Wildman–Crippen MR) is 52.9 cm³/mol. The van der Waals surface area contributed by atoms with Crippen LogP contribution in [-0.2, 0) is 0 Å². The molecule has 0 heterocycles. The van der Waals surface area contributed by atoms with Gasteiger partial charge in [-0.3, -0.25) is 4.79 Å². The van der Waals surface area contributed by atoms with Crippen LogP contribution >= 0.6 is 11.8 Å². The molecule has 0 bridgehead atoms. The normalized spacial score (nSPS) is 11.6. The van der Waals surface area contributed by atoms with E-state index in [9.17, 15) is 22.4 Å². The summed E-state index contributed by atoms with van der Waals surface area (Å²) in [6.45, 7) is 1.51. The van der Waals surface area contributed by atoms with Crippen LogP contribution in [0.3, 0.4) is 0 Å². The first kappa shape index (κ1) is 13.0. The van der Waals surface area contributed by atoms with E-state index in [-0.39, 0.29) is 16.9 Å². The highest BCUT2D eigenvalue weighted by Gasteiger charge is 2.31. The number of Topliss-reactive ketones (excluding diaryl/α,β-unsaturated/α-hetero) is 1. The summed E-state index contributed by atoms with van der Waals surface area (Å²) in [6, 6.07) is 2.71. The molecule has 16 heavy (non-hydrogen) atoms. The maximum atomic E-state index is 12.8. The minimum atomic E-state index is -4.49. The van der Waals surface area contributed by atoms with Gasteiger partial charge in [0.1, 0.15) is 5.82 Å². The van der Waals surface area contributed by atoms with Gasteiger partial charge in [0.15, 0.2) is 5.78 Å². The maximum absolute atomic E-state index is 12.8. The Bertz CT molecular complexity index is 400. The molecule has 0 atom stereocenters. The van der Waals surface area contributed by atoms with E-state index in [1.807, 2.05) is 0 Å². The second-order valence-corrected chi connectivity index (χ2v) is 4.07.